The molecule has 1 aliphatic rings. The number of nitrogens with two attached hydrogens (primary N) is 1. The molecule has 1 fully saturated rings. The van der Waals surface area contributed by atoms with E-state index in [0.29, 0.717) is 5.92 Å². The molecule has 0 bridgehead atoms. The number of rotatable bonds is 5. The summed E-state index contributed by atoms with van der Waals surface area (Å²) in [6.45, 7) is 5.14. The lowest BCUT2D eigenvalue weighted by molar-refractivity contribution is -0.126. The van der Waals surface area contributed by atoms with E-state index in [-0.39, 0.29) is 5.91 Å². The van der Waals surface area contributed by atoms with Gasteiger partial charge in [0, 0.05) is 0 Å². The Morgan fingerprint density at radius 3 is 2.79 bits per heavy atom. The van der Waals surface area contributed by atoms with E-state index in [1.165, 1.54) is 0 Å². The number of hydrogen-bond acceptors (Lipinski definition) is 2. The van der Waals surface area contributed by atoms with Crippen LogP contribution in [0.1, 0.15) is 46.0 Å². The summed E-state index contributed by atoms with van der Waals surface area (Å²) >= 11 is 0. The molecule has 3 heteroatoms. The molecule has 2 atom stereocenters. The summed E-state index contributed by atoms with van der Waals surface area (Å²) in [5.41, 5.74) is 5.14. The predicted octanol–water partition coefficient (Wildman–Crippen LogP) is 1.42. The fraction of sp³-hybridized carbons (Fsp3) is 0.909. The van der Waals surface area contributed by atoms with Crippen molar-refractivity contribution in [2.75, 3.05) is 6.54 Å². The average molecular weight is 198 g/mol. The topological polar surface area (TPSA) is 55.1 Å². The zero-order valence-electron chi connectivity index (χ0n) is 9.31. The van der Waals surface area contributed by atoms with E-state index in [2.05, 4.69) is 19.2 Å². The third kappa shape index (κ3) is 1.92. The van der Waals surface area contributed by atoms with Crippen LogP contribution < -0.4 is 11.1 Å². The molecule has 0 spiro atoms. The van der Waals surface area contributed by atoms with Gasteiger partial charge < -0.3 is 11.1 Å². The highest BCUT2D eigenvalue weighted by molar-refractivity contribution is 5.85. The summed E-state index contributed by atoms with van der Waals surface area (Å²) in [4.78, 5) is 11.6. The number of carbonyl (C=O) groups is 1. The first kappa shape index (κ1) is 11.5. The van der Waals surface area contributed by atoms with Crippen molar-refractivity contribution >= 4 is 5.91 Å². The average Bonchev–Trinajstić information content (AvgIpc) is 2.58. The van der Waals surface area contributed by atoms with Crippen LogP contribution in [-0.4, -0.2) is 18.0 Å². The standard InChI is InChI=1S/C11H22N2O/c1-3-8-13-11(10(12)14)7-5-6-9(11)4-2/h9,13H,3-8H2,1-2H3,(H2,12,14). The first-order chi connectivity index (χ1) is 6.67. The largest absolute Gasteiger partial charge is 0.368 e. The molecule has 0 aliphatic heterocycles. The van der Waals surface area contributed by atoms with Crippen LogP contribution in [0.25, 0.3) is 0 Å². The second-order valence-electron chi connectivity index (χ2n) is 4.26. The smallest absolute Gasteiger partial charge is 0.238 e. The zero-order chi connectivity index (χ0) is 10.6. The van der Waals surface area contributed by atoms with E-state index in [0.717, 1.165) is 38.6 Å². The van der Waals surface area contributed by atoms with E-state index in [9.17, 15) is 4.79 Å². The maximum absolute atomic E-state index is 11.6. The number of carbonyl (C=O) groups excluding carboxylic acids is 1. The Balaban J connectivity index is 2.74. The van der Waals surface area contributed by atoms with Gasteiger partial charge >= 0.3 is 0 Å². The summed E-state index contributed by atoms with van der Waals surface area (Å²) in [5.74, 6) is 0.279. The number of hydrogen-bond donors (Lipinski definition) is 2. The fourth-order valence-electron chi connectivity index (χ4n) is 2.62. The Morgan fingerprint density at radius 2 is 2.29 bits per heavy atom. The highest BCUT2D eigenvalue weighted by atomic mass is 16.1. The molecule has 3 N–H and O–H groups in total. The van der Waals surface area contributed by atoms with Crippen LogP contribution >= 0.6 is 0 Å². The second-order valence-corrected chi connectivity index (χ2v) is 4.26. The molecule has 0 heterocycles. The highest BCUT2D eigenvalue weighted by Gasteiger charge is 2.45. The van der Waals surface area contributed by atoms with Crippen LogP contribution in [0.15, 0.2) is 0 Å². The maximum atomic E-state index is 11.6. The van der Waals surface area contributed by atoms with Crippen molar-refractivity contribution in [3.63, 3.8) is 0 Å². The Bertz CT molecular complexity index is 205. The molecule has 82 valence electrons. The number of primary amides is 1. The molecule has 1 saturated carbocycles. The molecule has 0 radical (unpaired) electrons. The van der Waals surface area contributed by atoms with E-state index in [1.54, 1.807) is 0 Å². The minimum absolute atomic E-state index is 0.157. The van der Waals surface area contributed by atoms with Crippen molar-refractivity contribution in [2.24, 2.45) is 11.7 Å². The van der Waals surface area contributed by atoms with Gasteiger partial charge in [0.05, 0.1) is 0 Å². The van der Waals surface area contributed by atoms with Crippen molar-refractivity contribution in [2.45, 2.75) is 51.5 Å². The SMILES string of the molecule is CCCNC1(C(N)=O)CCCC1CC. The first-order valence-electron chi connectivity index (χ1n) is 5.72. The molecule has 1 amide bonds. The van der Waals surface area contributed by atoms with Crippen molar-refractivity contribution in [1.82, 2.24) is 5.32 Å². The Morgan fingerprint density at radius 1 is 1.57 bits per heavy atom. The third-order valence-electron chi connectivity index (χ3n) is 3.44. The lowest BCUT2D eigenvalue weighted by Crippen LogP contribution is -2.57. The van der Waals surface area contributed by atoms with Gasteiger partial charge in [0.2, 0.25) is 5.91 Å². The Kier molecular flexibility index (Phi) is 3.93. The van der Waals surface area contributed by atoms with Crippen LogP contribution in [0.4, 0.5) is 0 Å². The van der Waals surface area contributed by atoms with E-state index in [4.69, 9.17) is 5.73 Å². The molecule has 0 aromatic rings. The van der Waals surface area contributed by atoms with Crippen molar-refractivity contribution in [1.29, 1.82) is 0 Å². The molecule has 0 aromatic heterocycles. The lowest BCUT2D eigenvalue weighted by Gasteiger charge is -2.33. The highest BCUT2D eigenvalue weighted by Crippen LogP contribution is 2.37. The van der Waals surface area contributed by atoms with Gasteiger partial charge in [-0.1, -0.05) is 26.7 Å². The fourth-order valence-corrected chi connectivity index (χ4v) is 2.62. The van der Waals surface area contributed by atoms with Gasteiger partial charge in [-0.15, -0.1) is 0 Å². The second kappa shape index (κ2) is 4.78. The van der Waals surface area contributed by atoms with Gasteiger partial charge in [0.25, 0.3) is 0 Å². The van der Waals surface area contributed by atoms with Crippen LogP contribution in [-0.2, 0) is 4.79 Å². The van der Waals surface area contributed by atoms with E-state index < -0.39 is 5.54 Å². The summed E-state index contributed by atoms with van der Waals surface area (Å²) < 4.78 is 0. The molecule has 1 aliphatic carbocycles. The minimum atomic E-state index is -0.398. The van der Waals surface area contributed by atoms with Crippen LogP contribution in [0.2, 0.25) is 0 Å². The van der Waals surface area contributed by atoms with Gasteiger partial charge in [0.15, 0.2) is 0 Å². The molecule has 0 aromatic carbocycles. The zero-order valence-corrected chi connectivity index (χ0v) is 9.31. The van der Waals surface area contributed by atoms with Crippen LogP contribution in [0, 0.1) is 5.92 Å². The normalized spacial score (nSPS) is 32.0. The van der Waals surface area contributed by atoms with Crippen molar-refractivity contribution in [3.8, 4) is 0 Å². The molecule has 14 heavy (non-hydrogen) atoms. The summed E-state index contributed by atoms with van der Waals surface area (Å²) in [5, 5.41) is 3.37. The summed E-state index contributed by atoms with van der Waals surface area (Å²) in [6.07, 6.45) is 5.26. The van der Waals surface area contributed by atoms with Crippen molar-refractivity contribution < 1.29 is 4.79 Å². The Hall–Kier alpha value is -0.570. The van der Waals surface area contributed by atoms with Gasteiger partial charge in [0.1, 0.15) is 5.54 Å². The first-order valence-corrected chi connectivity index (χ1v) is 5.72. The van der Waals surface area contributed by atoms with E-state index in [1.807, 2.05) is 0 Å². The van der Waals surface area contributed by atoms with Gasteiger partial charge in [-0.3, -0.25) is 4.79 Å². The molecule has 1 rings (SSSR count). The Labute approximate surface area is 86.4 Å². The molecular weight excluding hydrogens is 176 g/mol. The summed E-state index contributed by atoms with van der Waals surface area (Å²) in [7, 11) is 0. The molecule has 3 nitrogen and oxygen atoms in total. The predicted molar refractivity (Wildman–Crippen MR) is 57.9 cm³/mol. The molecule has 0 saturated heterocycles. The maximum Gasteiger partial charge on any atom is 0.238 e. The number of nitrogens with one attached hydrogen (secondary N) is 1. The lowest BCUT2D eigenvalue weighted by atomic mass is 9.84. The van der Waals surface area contributed by atoms with Gasteiger partial charge in [-0.2, -0.15) is 0 Å². The summed E-state index contributed by atoms with van der Waals surface area (Å²) in [6, 6.07) is 0. The van der Waals surface area contributed by atoms with Gasteiger partial charge in [-0.25, -0.2) is 0 Å². The van der Waals surface area contributed by atoms with Crippen molar-refractivity contribution in [3.05, 3.63) is 0 Å². The molecular formula is C11H22N2O. The third-order valence-corrected chi connectivity index (χ3v) is 3.44. The van der Waals surface area contributed by atoms with Gasteiger partial charge in [-0.05, 0) is 31.7 Å². The minimum Gasteiger partial charge on any atom is -0.368 e. The van der Waals surface area contributed by atoms with Crippen LogP contribution in [0.3, 0.4) is 0 Å². The number of amides is 1. The monoisotopic (exact) mass is 198 g/mol. The van der Waals surface area contributed by atoms with Crippen LogP contribution in [0.5, 0.6) is 0 Å². The quantitative estimate of drug-likeness (QED) is 0.702. The van der Waals surface area contributed by atoms with E-state index >= 15 is 0 Å². The molecule has 2 unspecified atom stereocenters.